The molecule has 2 aromatic rings. The van der Waals surface area contributed by atoms with Gasteiger partial charge in [-0.2, -0.15) is 26.3 Å². The Hall–Kier alpha value is -2.20. The predicted octanol–water partition coefficient (Wildman–Crippen LogP) is 9.62. The minimum absolute atomic E-state index is 0. The Morgan fingerprint density at radius 2 is 0.959 bits per heavy atom. The first-order valence-electron chi connectivity index (χ1n) is 14.5. The first kappa shape index (κ1) is 44.8. The van der Waals surface area contributed by atoms with Crippen molar-refractivity contribution in [3.63, 3.8) is 0 Å². The van der Waals surface area contributed by atoms with Crippen molar-refractivity contribution in [2.45, 2.75) is 114 Å². The summed E-state index contributed by atoms with van der Waals surface area (Å²) in [7, 11) is 0. The van der Waals surface area contributed by atoms with Gasteiger partial charge in [0.2, 0.25) is 6.11 Å². The molecule has 0 aliphatic heterocycles. The van der Waals surface area contributed by atoms with Gasteiger partial charge >= 0.3 is 18.0 Å². The molecule has 279 valence electrons. The van der Waals surface area contributed by atoms with Gasteiger partial charge in [0.15, 0.2) is 0 Å². The maximum Gasteiger partial charge on any atom is 0.436 e. The largest absolute Gasteiger partial charge is 0.795 e. The molecule has 2 unspecified atom stereocenters. The van der Waals surface area contributed by atoms with Crippen LogP contribution < -0.4 is 5.11 Å². The summed E-state index contributed by atoms with van der Waals surface area (Å²) in [5, 5.41) is 32.1. The Bertz CT molecular complexity index is 1370. The fraction of sp³-hybridized carbons (Fsp3) is 0.562. The van der Waals surface area contributed by atoms with Crippen LogP contribution in [0.15, 0.2) is 34.3 Å². The molecule has 1 aliphatic carbocycles. The van der Waals surface area contributed by atoms with Gasteiger partial charge in [-0.25, -0.2) is 13.2 Å². The summed E-state index contributed by atoms with van der Waals surface area (Å²) < 4.78 is 103. The van der Waals surface area contributed by atoms with Crippen molar-refractivity contribution in [3.05, 3.63) is 56.6 Å². The van der Waals surface area contributed by atoms with Gasteiger partial charge < -0.3 is 15.3 Å². The van der Waals surface area contributed by atoms with Crippen molar-refractivity contribution in [1.82, 2.24) is 0 Å². The van der Waals surface area contributed by atoms with Crippen LogP contribution in [0.5, 0.6) is 11.5 Å². The topological polar surface area (TPSA) is 88.2 Å². The van der Waals surface area contributed by atoms with Crippen molar-refractivity contribution < 1.29 is 71.6 Å². The van der Waals surface area contributed by atoms with Crippen molar-refractivity contribution in [1.29, 1.82) is 0 Å². The van der Waals surface area contributed by atoms with Crippen molar-refractivity contribution >= 4 is 35.6 Å². The summed E-state index contributed by atoms with van der Waals surface area (Å²) in [4.78, 5) is 9.65. The number of phenols is 2. The van der Waals surface area contributed by atoms with E-state index in [-0.39, 0.29) is 51.2 Å². The van der Waals surface area contributed by atoms with E-state index in [1.54, 1.807) is 24.6 Å². The minimum atomic E-state index is -7.08. The molecule has 17 heteroatoms. The second-order valence-corrected chi connectivity index (χ2v) is 14.3. The van der Waals surface area contributed by atoms with E-state index >= 15 is 0 Å². The Balaban J connectivity index is 0.000000679. The van der Waals surface area contributed by atoms with Gasteiger partial charge in [-0.3, -0.25) is 9.98 Å². The molecule has 49 heavy (non-hydrogen) atoms. The van der Waals surface area contributed by atoms with Crippen LogP contribution in [0.3, 0.4) is 0 Å². The second kappa shape index (κ2) is 16.0. The minimum Gasteiger partial charge on any atom is -0.795 e. The third kappa shape index (κ3) is 10.9. The average molecular weight is 797 g/mol. The zero-order valence-electron chi connectivity index (χ0n) is 27.1. The van der Waals surface area contributed by atoms with Crippen LogP contribution in [-0.2, 0) is 27.6 Å². The van der Waals surface area contributed by atoms with Crippen LogP contribution in [0.1, 0.15) is 89.5 Å². The zero-order chi connectivity index (χ0) is 37.3. The first-order valence-corrected chi connectivity index (χ1v) is 15.3. The van der Waals surface area contributed by atoms with Crippen molar-refractivity contribution in [3.8, 4) is 11.5 Å². The maximum atomic E-state index is 12.0. The van der Waals surface area contributed by atoms with E-state index in [2.05, 4.69) is 0 Å². The van der Waals surface area contributed by atoms with Crippen LogP contribution in [0.2, 0.25) is 10.0 Å². The normalized spacial score (nSPS) is 18.3. The Morgan fingerprint density at radius 3 is 1.18 bits per heavy atom. The molecule has 3 rings (SSSR count). The fourth-order valence-corrected chi connectivity index (χ4v) is 5.32. The van der Waals surface area contributed by atoms with E-state index in [0.717, 1.165) is 36.8 Å². The number of rotatable bonds is 5. The number of aromatic hydroxyl groups is 2. The SMILES string of the molecule is CC(C)(C)c1cc(Cl)cc(C=NC2CCCCC2N=Cc2cc(Cl)cc(C(C)(C)C)c2O)c1O.[Co].[O-]C(F)(F)C(F)(C(F)(F)F)C(F)(F)F. The van der Waals surface area contributed by atoms with Crippen LogP contribution >= 0.6 is 23.2 Å². The summed E-state index contributed by atoms with van der Waals surface area (Å²) >= 11 is 12.7. The van der Waals surface area contributed by atoms with Crippen LogP contribution in [0, 0.1) is 0 Å². The average Bonchev–Trinajstić information content (AvgIpc) is 2.90. The first-order chi connectivity index (χ1) is 21.5. The van der Waals surface area contributed by atoms with Gasteiger partial charge in [-0.05, 0) is 47.9 Å². The van der Waals surface area contributed by atoms with Crippen molar-refractivity contribution in [2.24, 2.45) is 9.98 Å². The maximum absolute atomic E-state index is 12.0. The summed E-state index contributed by atoms with van der Waals surface area (Å²) in [6, 6.07) is 7.09. The zero-order valence-corrected chi connectivity index (χ0v) is 29.7. The number of benzene rings is 2. The summed E-state index contributed by atoms with van der Waals surface area (Å²) in [6.07, 6.45) is -13.5. The Kier molecular flexibility index (Phi) is 14.6. The number of hydrogen-bond donors (Lipinski definition) is 2. The number of halogens is 11. The molecule has 2 atom stereocenters. The molecular formula is C32H36Cl2CoF9N2O3-. The molecule has 0 aromatic heterocycles. The Morgan fingerprint density at radius 1 is 0.653 bits per heavy atom. The van der Waals surface area contributed by atoms with E-state index < -0.39 is 24.1 Å². The predicted molar refractivity (Wildman–Crippen MR) is 166 cm³/mol. The molecule has 0 heterocycles. The molecule has 1 aliphatic rings. The molecule has 1 radical (unpaired) electrons. The third-order valence-corrected chi connectivity index (χ3v) is 7.95. The number of phenolic OH excluding ortho intramolecular Hbond substituents is 2. The van der Waals surface area contributed by atoms with Crippen LogP contribution in [0.25, 0.3) is 0 Å². The van der Waals surface area contributed by atoms with Gasteiger partial charge in [0.1, 0.15) is 11.5 Å². The number of nitrogens with zero attached hydrogens (tertiary/aromatic N) is 2. The molecule has 0 saturated heterocycles. The molecule has 2 N–H and O–H groups in total. The monoisotopic (exact) mass is 796 g/mol. The number of hydrogen-bond acceptors (Lipinski definition) is 5. The van der Waals surface area contributed by atoms with E-state index in [9.17, 15) is 54.8 Å². The summed E-state index contributed by atoms with van der Waals surface area (Å²) in [6.45, 7) is 12.3. The number of alkyl halides is 9. The van der Waals surface area contributed by atoms with Gasteiger partial charge in [0.05, 0.1) is 12.1 Å². The molecule has 1 fully saturated rings. The molecule has 2 aromatic carbocycles. The third-order valence-electron chi connectivity index (χ3n) is 7.51. The fourth-order valence-electron chi connectivity index (χ4n) is 4.86. The van der Waals surface area contributed by atoms with Gasteiger partial charge in [0.25, 0.3) is 0 Å². The standard InChI is InChI=1S/C28H36Cl2N2O2.C4F9O.Co/c1-27(2,3)21-13-19(29)11-17(25(21)33)15-31-23-9-7-8-10-24(23)32-16-18-12-20(30)14-22(26(18)34)28(4,5)6;5-1(2(6,7)8,3(9,10)11)4(12,13)14;/h11-16,23-24,33-34H,7-10H2,1-6H3;;/q;-1;. The van der Waals surface area contributed by atoms with Crippen LogP contribution in [-0.4, -0.2) is 58.9 Å². The van der Waals surface area contributed by atoms with Crippen LogP contribution in [0.4, 0.5) is 39.5 Å². The molecule has 0 spiro atoms. The van der Waals surface area contributed by atoms with E-state index in [4.69, 9.17) is 33.2 Å². The second-order valence-electron chi connectivity index (χ2n) is 13.4. The van der Waals surface area contributed by atoms with E-state index in [1.807, 2.05) is 53.7 Å². The van der Waals surface area contributed by atoms with E-state index in [0.29, 0.717) is 21.2 Å². The quantitative estimate of drug-likeness (QED) is 0.234. The summed E-state index contributed by atoms with van der Waals surface area (Å²) in [5.41, 5.74) is -4.72. The van der Waals surface area contributed by atoms with Gasteiger partial charge in [0, 0.05) is 61.5 Å². The van der Waals surface area contributed by atoms with Gasteiger partial charge in [-0.15, -0.1) is 0 Å². The molecule has 0 bridgehead atoms. The molecule has 0 amide bonds. The summed E-state index contributed by atoms with van der Waals surface area (Å²) in [5.74, 6) is 0.435. The van der Waals surface area contributed by atoms with Gasteiger partial charge in [-0.1, -0.05) is 77.6 Å². The molecule has 1 saturated carbocycles. The van der Waals surface area contributed by atoms with Crippen molar-refractivity contribution in [2.75, 3.05) is 0 Å². The van der Waals surface area contributed by atoms with E-state index in [1.165, 1.54) is 0 Å². The molecular weight excluding hydrogens is 761 g/mol. The Labute approximate surface area is 298 Å². The molecule has 5 nitrogen and oxygen atoms in total. The number of aliphatic imine (C=N–C) groups is 2. The smallest absolute Gasteiger partial charge is 0.436 e.